The minimum atomic E-state index is -0.0109. The smallest absolute Gasteiger partial charge is 0.222 e. The van der Waals surface area contributed by atoms with Crippen molar-refractivity contribution in [2.45, 2.75) is 33.1 Å². The summed E-state index contributed by atoms with van der Waals surface area (Å²) >= 11 is 5.19. The van der Waals surface area contributed by atoms with Gasteiger partial charge in [0, 0.05) is 24.9 Å². The van der Waals surface area contributed by atoms with Crippen LogP contribution in [0.15, 0.2) is 15.9 Å². The maximum absolute atomic E-state index is 12.0. The average Bonchev–Trinajstić information content (AvgIpc) is 2.74. The van der Waals surface area contributed by atoms with Crippen molar-refractivity contribution in [2.24, 2.45) is 11.1 Å². The number of hydrogen-bond donors (Lipinski definition) is 1. The van der Waals surface area contributed by atoms with Crippen LogP contribution >= 0.6 is 39.7 Å². The van der Waals surface area contributed by atoms with Crippen LogP contribution in [0.4, 0.5) is 0 Å². The molecule has 0 fully saturated rings. The Kier molecular flexibility index (Phi) is 8.98. The van der Waals surface area contributed by atoms with Crippen LogP contribution in [0.3, 0.4) is 0 Å². The maximum Gasteiger partial charge on any atom is 0.222 e. The molecule has 1 rings (SSSR count). The lowest BCUT2D eigenvalue weighted by Gasteiger charge is -2.29. The summed E-state index contributed by atoms with van der Waals surface area (Å²) in [6.45, 7) is 5.47. The number of nitrogens with two attached hydrogens (primary N) is 1. The van der Waals surface area contributed by atoms with Crippen LogP contribution in [-0.4, -0.2) is 30.9 Å². The summed E-state index contributed by atoms with van der Waals surface area (Å²) < 4.78 is 1.15. The van der Waals surface area contributed by atoms with E-state index >= 15 is 0 Å². The number of rotatable bonds is 7. The van der Waals surface area contributed by atoms with Crippen molar-refractivity contribution in [3.05, 3.63) is 20.8 Å². The molecule has 1 aromatic heterocycles. The fourth-order valence-electron chi connectivity index (χ4n) is 1.89. The molecular formula is C14H24BrClN2OS. The highest BCUT2D eigenvalue weighted by atomic mass is 79.9. The summed E-state index contributed by atoms with van der Waals surface area (Å²) in [7, 11) is 1.86. The number of hydrogen-bond acceptors (Lipinski definition) is 3. The van der Waals surface area contributed by atoms with E-state index in [-0.39, 0.29) is 23.7 Å². The molecule has 0 bridgehead atoms. The van der Waals surface area contributed by atoms with Crippen LogP contribution < -0.4 is 5.73 Å². The third-order valence-corrected chi connectivity index (χ3v) is 4.77. The van der Waals surface area contributed by atoms with Crippen molar-refractivity contribution < 1.29 is 4.79 Å². The first kappa shape index (κ1) is 19.9. The van der Waals surface area contributed by atoms with Crippen molar-refractivity contribution in [2.75, 3.05) is 20.1 Å². The first-order valence-corrected chi connectivity index (χ1v) is 8.13. The van der Waals surface area contributed by atoms with Gasteiger partial charge in [-0.1, -0.05) is 13.8 Å². The summed E-state index contributed by atoms with van der Waals surface area (Å²) in [5.41, 5.74) is 5.68. The Morgan fingerprint density at radius 1 is 1.45 bits per heavy atom. The van der Waals surface area contributed by atoms with E-state index < -0.39 is 0 Å². The Morgan fingerprint density at radius 3 is 2.60 bits per heavy atom. The molecule has 0 atom stereocenters. The van der Waals surface area contributed by atoms with Crippen molar-refractivity contribution in [1.29, 1.82) is 0 Å². The molecule has 1 heterocycles. The highest BCUT2D eigenvalue weighted by Gasteiger charge is 2.20. The number of amides is 1. The second kappa shape index (κ2) is 9.03. The molecule has 6 heteroatoms. The molecular weight excluding hydrogens is 360 g/mol. The van der Waals surface area contributed by atoms with Gasteiger partial charge >= 0.3 is 0 Å². The van der Waals surface area contributed by atoms with Crippen LogP contribution in [-0.2, 0) is 11.2 Å². The first-order chi connectivity index (χ1) is 8.84. The molecule has 0 saturated heterocycles. The van der Waals surface area contributed by atoms with E-state index in [1.165, 1.54) is 4.88 Å². The summed E-state index contributed by atoms with van der Waals surface area (Å²) in [6.07, 6.45) is 2.47. The number of thiophene rings is 1. The van der Waals surface area contributed by atoms with Gasteiger partial charge < -0.3 is 10.6 Å². The normalized spacial score (nSPS) is 11.1. The maximum atomic E-state index is 12.0. The van der Waals surface area contributed by atoms with Gasteiger partial charge in [-0.3, -0.25) is 4.79 Å². The van der Waals surface area contributed by atoms with E-state index in [1.807, 2.05) is 7.05 Å². The van der Waals surface area contributed by atoms with Gasteiger partial charge in [-0.25, -0.2) is 0 Å². The van der Waals surface area contributed by atoms with Crippen LogP contribution in [0.25, 0.3) is 0 Å². The first-order valence-electron chi connectivity index (χ1n) is 6.52. The zero-order valence-corrected chi connectivity index (χ0v) is 15.5. The Balaban J connectivity index is 0.00000361. The van der Waals surface area contributed by atoms with Crippen LogP contribution in [0, 0.1) is 5.41 Å². The molecule has 0 radical (unpaired) electrons. The number of nitrogens with zero attached hydrogens (tertiary/aromatic N) is 1. The van der Waals surface area contributed by atoms with Crippen LogP contribution in [0.2, 0.25) is 0 Å². The van der Waals surface area contributed by atoms with E-state index in [4.69, 9.17) is 5.73 Å². The third-order valence-electron chi connectivity index (χ3n) is 3.09. The van der Waals surface area contributed by atoms with Gasteiger partial charge in [0.1, 0.15) is 0 Å². The van der Waals surface area contributed by atoms with Crippen molar-refractivity contribution in [3.8, 4) is 0 Å². The third kappa shape index (κ3) is 7.07. The average molecular weight is 384 g/mol. The Labute approximate surface area is 140 Å². The minimum absolute atomic E-state index is 0. The predicted octanol–water partition coefficient (Wildman–Crippen LogP) is 3.70. The Bertz CT molecular complexity index is 423. The molecule has 3 nitrogen and oxygen atoms in total. The molecule has 1 amide bonds. The summed E-state index contributed by atoms with van der Waals surface area (Å²) in [5, 5.41) is 0. The van der Waals surface area contributed by atoms with Crippen molar-refractivity contribution >= 4 is 45.6 Å². The lowest BCUT2D eigenvalue weighted by atomic mass is 9.93. The van der Waals surface area contributed by atoms with E-state index in [2.05, 4.69) is 41.9 Å². The van der Waals surface area contributed by atoms with E-state index in [9.17, 15) is 4.79 Å². The predicted molar refractivity (Wildman–Crippen MR) is 92.7 cm³/mol. The lowest BCUT2D eigenvalue weighted by molar-refractivity contribution is -0.131. The van der Waals surface area contributed by atoms with Gasteiger partial charge in [-0.05, 0) is 52.9 Å². The minimum Gasteiger partial charge on any atom is -0.345 e. The zero-order chi connectivity index (χ0) is 14.5. The number of carbonyl (C=O) groups is 1. The van der Waals surface area contributed by atoms with Gasteiger partial charge in [0.05, 0.1) is 3.79 Å². The van der Waals surface area contributed by atoms with Crippen LogP contribution in [0.1, 0.15) is 31.6 Å². The van der Waals surface area contributed by atoms with Gasteiger partial charge in [-0.2, -0.15) is 0 Å². The molecule has 2 N–H and O–H groups in total. The lowest BCUT2D eigenvalue weighted by Crippen LogP contribution is -2.39. The van der Waals surface area contributed by atoms with Crippen LogP contribution in [0.5, 0.6) is 0 Å². The number of halogens is 2. The van der Waals surface area contributed by atoms with Gasteiger partial charge in [-0.15, -0.1) is 23.7 Å². The topological polar surface area (TPSA) is 46.3 Å². The molecule has 0 aromatic carbocycles. The fraction of sp³-hybridized carbons (Fsp3) is 0.643. The van der Waals surface area contributed by atoms with Gasteiger partial charge in [0.15, 0.2) is 0 Å². The largest absolute Gasteiger partial charge is 0.345 e. The molecule has 0 unspecified atom stereocenters. The van der Waals surface area contributed by atoms with Crippen molar-refractivity contribution in [1.82, 2.24) is 4.90 Å². The van der Waals surface area contributed by atoms with E-state index in [1.54, 1.807) is 16.2 Å². The monoisotopic (exact) mass is 382 g/mol. The summed E-state index contributed by atoms with van der Waals surface area (Å²) in [6, 6.07) is 4.16. The fourth-order valence-corrected chi connectivity index (χ4v) is 3.41. The van der Waals surface area contributed by atoms with E-state index in [0.717, 1.165) is 16.6 Å². The van der Waals surface area contributed by atoms with Gasteiger partial charge in [0.25, 0.3) is 0 Å². The van der Waals surface area contributed by atoms with Gasteiger partial charge in [0.2, 0.25) is 5.91 Å². The molecule has 116 valence electrons. The van der Waals surface area contributed by atoms with Crippen molar-refractivity contribution in [3.63, 3.8) is 0 Å². The quantitative estimate of drug-likeness (QED) is 0.780. The number of carbonyl (C=O) groups excluding carboxylic acids is 1. The zero-order valence-electron chi connectivity index (χ0n) is 12.3. The molecule has 0 spiro atoms. The number of aryl methyl sites for hydroxylation is 1. The highest BCUT2D eigenvalue weighted by Crippen LogP contribution is 2.23. The second-order valence-corrected chi connectivity index (χ2v) is 8.23. The standard InChI is InChI=1S/C14H23BrN2OS.ClH/c1-14(2,9-16)10-17(3)13(18)6-4-5-11-7-8-12(15)19-11;/h7-8H,4-6,9-10,16H2,1-3H3;1H. The molecule has 0 saturated carbocycles. The highest BCUT2D eigenvalue weighted by molar-refractivity contribution is 9.11. The molecule has 0 aliphatic heterocycles. The summed E-state index contributed by atoms with van der Waals surface area (Å²) in [4.78, 5) is 15.1. The molecule has 0 aliphatic rings. The second-order valence-electron chi connectivity index (χ2n) is 5.68. The molecule has 20 heavy (non-hydrogen) atoms. The molecule has 1 aromatic rings. The summed E-state index contributed by atoms with van der Waals surface area (Å²) in [5.74, 6) is 0.206. The Hall–Kier alpha value is -0.100. The van der Waals surface area contributed by atoms with E-state index in [0.29, 0.717) is 19.5 Å². The SMILES string of the molecule is CN(CC(C)(C)CN)C(=O)CCCc1ccc(Br)s1.Cl. The Morgan fingerprint density at radius 2 is 2.10 bits per heavy atom. The molecule has 0 aliphatic carbocycles.